The Balaban J connectivity index is 1.35. The predicted molar refractivity (Wildman–Crippen MR) is 148 cm³/mol. The fourth-order valence-corrected chi connectivity index (χ4v) is 5.35. The molecule has 3 N–H and O–H groups in total. The molecule has 0 radical (unpaired) electrons. The first-order valence-corrected chi connectivity index (χ1v) is 14.4. The maximum absolute atomic E-state index is 13.6. The van der Waals surface area contributed by atoms with Crippen molar-refractivity contribution in [1.82, 2.24) is 19.5 Å². The number of carbonyl (C=O) groups excluding carboxylic acids is 1. The lowest BCUT2D eigenvalue weighted by Crippen LogP contribution is -2.15. The third-order valence-electron chi connectivity index (χ3n) is 5.60. The molecule has 0 amide bonds. The lowest BCUT2D eigenvalue weighted by molar-refractivity contribution is 0.0885. The molecular formula is C25H27BrN5O7P. The van der Waals surface area contributed by atoms with Gasteiger partial charge >= 0.3 is 7.60 Å². The number of nitrogens with one attached hydrogen (secondary N) is 1. The van der Waals surface area contributed by atoms with Crippen LogP contribution in [0.1, 0.15) is 15.9 Å². The second kappa shape index (κ2) is 13.1. The summed E-state index contributed by atoms with van der Waals surface area (Å²) >= 11 is 3.40. The number of rotatable bonds is 14. The fraction of sp³-hybridized carbons (Fsp3) is 0.280. The molecule has 0 saturated carbocycles. The molecule has 4 aromatic rings. The van der Waals surface area contributed by atoms with Crippen LogP contribution in [0.2, 0.25) is 0 Å². The van der Waals surface area contributed by atoms with Gasteiger partial charge < -0.3 is 28.8 Å². The number of ketones is 1. The number of imidazole rings is 1. The summed E-state index contributed by atoms with van der Waals surface area (Å²) in [5.41, 5.74) is 6.88. The van der Waals surface area contributed by atoms with E-state index in [9.17, 15) is 14.2 Å². The zero-order valence-corrected chi connectivity index (χ0v) is 23.5. The van der Waals surface area contributed by atoms with E-state index in [2.05, 4.69) is 30.9 Å². The van der Waals surface area contributed by atoms with E-state index in [1.165, 1.54) is 13.4 Å². The van der Waals surface area contributed by atoms with Crippen molar-refractivity contribution in [3.05, 3.63) is 80.8 Å². The van der Waals surface area contributed by atoms with E-state index in [1.807, 2.05) is 24.3 Å². The van der Waals surface area contributed by atoms with Crippen LogP contribution in [0, 0.1) is 0 Å². The molecule has 0 aliphatic rings. The first-order chi connectivity index (χ1) is 18.8. The number of fused-ring (bicyclic) bond motifs is 1. The Morgan fingerprint density at radius 1 is 1.15 bits per heavy atom. The van der Waals surface area contributed by atoms with E-state index in [0.29, 0.717) is 23.5 Å². The third kappa shape index (κ3) is 7.84. The predicted octanol–water partition coefficient (Wildman–Crippen LogP) is 3.80. The van der Waals surface area contributed by atoms with Gasteiger partial charge in [-0.3, -0.25) is 19.1 Å². The molecule has 4 rings (SSSR count). The minimum absolute atomic E-state index is 0.0139. The molecule has 0 saturated heterocycles. The molecule has 0 fully saturated rings. The molecule has 206 valence electrons. The maximum Gasteiger partial charge on any atom is 0.333 e. The van der Waals surface area contributed by atoms with Crippen molar-refractivity contribution in [2.75, 3.05) is 38.8 Å². The van der Waals surface area contributed by atoms with Crippen molar-refractivity contribution in [3.63, 3.8) is 0 Å². The number of H-pyrrole nitrogens is 1. The summed E-state index contributed by atoms with van der Waals surface area (Å²) < 4.78 is 38.1. The number of carbonyl (C=O) groups is 1. The van der Waals surface area contributed by atoms with Crippen molar-refractivity contribution >= 4 is 46.4 Å². The van der Waals surface area contributed by atoms with Crippen molar-refractivity contribution < 1.29 is 27.9 Å². The van der Waals surface area contributed by atoms with Crippen LogP contribution in [0.15, 0.2) is 64.1 Å². The van der Waals surface area contributed by atoms with Crippen LogP contribution in [-0.4, -0.2) is 58.4 Å². The van der Waals surface area contributed by atoms with E-state index in [1.54, 1.807) is 28.8 Å². The zero-order chi connectivity index (χ0) is 27.8. The van der Waals surface area contributed by atoms with Crippen LogP contribution in [0.5, 0.6) is 5.75 Å². The Morgan fingerprint density at radius 3 is 2.69 bits per heavy atom. The van der Waals surface area contributed by atoms with Crippen LogP contribution in [0.4, 0.5) is 5.95 Å². The number of nitrogen functional groups attached to an aromatic ring is 1. The lowest BCUT2D eigenvalue weighted by Gasteiger charge is -2.19. The van der Waals surface area contributed by atoms with Gasteiger partial charge in [0, 0.05) is 16.6 Å². The highest BCUT2D eigenvalue weighted by molar-refractivity contribution is 9.10. The van der Waals surface area contributed by atoms with Gasteiger partial charge in [0.2, 0.25) is 5.95 Å². The molecular weight excluding hydrogens is 593 g/mol. The number of hydrogen-bond acceptors (Lipinski definition) is 10. The molecule has 0 aliphatic carbocycles. The SMILES string of the molecule is COc1ccc(C(=O)COP(=O)(CCOCCn2cnc3c(=O)[nH]c(N)nc32)OCc2cccc(Br)c2)cc1. The Bertz CT molecular complexity index is 1540. The number of nitrogens with zero attached hydrogens (tertiary/aromatic N) is 3. The van der Waals surface area contributed by atoms with Gasteiger partial charge in [-0.1, -0.05) is 28.1 Å². The van der Waals surface area contributed by atoms with Crippen LogP contribution >= 0.6 is 23.5 Å². The number of aromatic nitrogens is 4. The molecule has 1 unspecified atom stereocenters. The van der Waals surface area contributed by atoms with E-state index in [0.717, 1.165) is 10.0 Å². The summed E-state index contributed by atoms with van der Waals surface area (Å²) in [4.78, 5) is 35.1. The molecule has 1 atom stereocenters. The third-order valence-corrected chi connectivity index (χ3v) is 7.87. The van der Waals surface area contributed by atoms with Gasteiger partial charge in [0.25, 0.3) is 5.56 Å². The summed E-state index contributed by atoms with van der Waals surface area (Å²) in [6.45, 7) is 0.165. The minimum Gasteiger partial charge on any atom is -0.497 e. The normalized spacial score (nSPS) is 12.9. The number of nitrogens with two attached hydrogens (primary N) is 1. The number of Topliss-reactive ketones (excluding diaryl/α,β-unsaturated/α-hetero) is 1. The number of hydrogen-bond donors (Lipinski definition) is 2. The quantitative estimate of drug-likeness (QED) is 0.121. The standard InChI is InChI=1S/C25H27BrN5O7P/c1-35-20-7-5-18(6-8-20)21(32)15-38-39(34,37-14-17-3-2-4-19(26)13-17)12-11-36-10-9-31-16-28-22-23(31)29-25(27)30-24(22)33/h2-8,13,16H,9-12,14-15H2,1H3,(H3,27,29,30,33). The molecule has 2 aromatic carbocycles. The first kappa shape index (κ1) is 28.7. The lowest BCUT2D eigenvalue weighted by atomic mass is 10.1. The number of halogens is 1. The first-order valence-electron chi connectivity index (χ1n) is 11.8. The second-order valence-corrected chi connectivity index (χ2v) is 11.4. The van der Waals surface area contributed by atoms with Gasteiger partial charge in [0.15, 0.2) is 16.9 Å². The Kier molecular flexibility index (Phi) is 9.65. The number of aromatic amines is 1. The average molecular weight is 620 g/mol. The van der Waals surface area contributed by atoms with Crippen molar-refractivity contribution in [2.24, 2.45) is 0 Å². The Morgan fingerprint density at radius 2 is 1.95 bits per heavy atom. The van der Waals surface area contributed by atoms with E-state index < -0.39 is 19.8 Å². The smallest absolute Gasteiger partial charge is 0.333 e. The monoisotopic (exact) mass is 619 g/mol. The summed E-state index contributed by atoms with van der Waals surface area (Å²) in [5.74, 6) is 0.251. The topological polar surface area (TPSA) is 161 Å². The van der Waals surface area contributed by atoms with Crippen molar-refractivity contribution in [2.45, 2.75) is 13.2 Å². The maximum atomic E-state index is 13.6. The van der Waals surface area contributed by atoms with Gasteiger partial charge in [-0.2, -0.15) is 4.98 Å². The van der Waals surface area contributed by atoms with E-state index >= 15 is 0 Å². The van der Waals surface area contributed by atoms with Crippen molar-refractivity contribution in [3.8, 4) is 5.75 Å². The fourth-order valence-electron chi connectivity index (χ4n) is 3.56. The van der Waals surface area contributed by atoms with Gasteiger partial charge in [-0.15, -0.1) is 0 Å². The molecule has 2 heterocycles. The minimum atomic E-state index is -3.72. The number of methoxy groups -OCH3 is 1. The molecule has 0 bridgehead atoms. The van der Waals surface area contributed by atoms with Gasteiger partial charge in [0.05, 0.1) is 39.4 Å². The number of ether oxygens (including phenoxy) is 2. The molecule has 14 heteroatoms. The van der Waals surface area contributed by atoms with Crippen LogP contribution in [-0.2, 0) is 31.5 Å². The number of anilines is 1. The van der Waals surface area contributed by atoms with Crippen LogP contribution < -0.4 is 16.0 Å². The summed E-state index contributed by atoms with van der Waals surface area (Å²) in [6, 6.07) is 13.9. The highest BCUT2D eigenvalue weighted by Crippen LogP contribution is 2.48. The van der Waals surface area contributed by atoms with Gasteiger partial charge in [0.1, 0.15) is 12.4 Å². The van der Waals surface area contributed by atoms with Crippen LogP contribution in [0.3, 0.4) is 0 Å². The highest BCUT2D eigenvalue weighted by Gasteiger charge is 2.26. The van der Waals surface area contributed by atoms with Crippen molar-refractivity contribution in [1.29, 1.82) is 0 Å². The van der Waals surface area contributed by atoms with E-state index in [-0.39, 0.29) is 43.2 Å². The van der Waals surface area contributed by atoms with Crippen LogP contribution in [0.25, 0.3) is 11.2 Å². The molecule has 12 nitrogen and oxygen atoms in total. The van der Waals surface area contributed by atoms with Gasteiger partial charge in [-0.25, -0.2) is 4.98 Å². The zero-order valence-electron chi connectivity index (χ0n) is 21.0. The van der Waals surface area contributed by atoms with E-state index in [4.69, 9.17) is 24.3 Å². The molecule has 39 heavy (non-hydrogen) atoms. The summed E-state index contributed by atoms with van der Waals surface area (Å²) in [6.07, 6.45) is 1.39. The Labute approximate surface area is 232 Å². The average Bonchev–Trinajstić information content (AvgIpc) is 3.33. The molecule has 0 spiro atoms. The Hall–Kier alpha value is -3.35. The second-order valence-electron chi connectivity index (χ2n) is 8.34. The van der Waals surface area contributed by atoms with Gasteiger partial charge in [-0.05, 0) is 42.0 Å². The molecule has 2 aromatic heterocycles. The summed E-state index contributed by atoms with van der Waals surface area (Å²) in [7, 11) is -2.19. The molecule has 0 aliphatic heterocycles. The largest absolute Gasteiger partial charge is 0.497 e. The summed E-state index contributed by atoms with van der Waals surface area (Å²) in [5, 5.41) is 0. The number of benzene rings is 2. The highest BCUT2D eigenvalue weighted by atomic mass is 79.9.